The minimum Gasteiger partial charge on any atom is -0.492 e. The van der Waals surface area contributed by atoms with Crippen LogP contribution in [0.4, 0.5) is 4.79 Å². The molecule has 0 saturated carbocycles. The maximum absolute atomic E-state index is 10.8. The molecule has 0 radical (unpaired) electrons. The maximum Gasteiger partial charge on any atom is 0.407 e. The van der Waals surface area contributed by atoms with Gasteiger partial charge in [0.2, 0.25) is 0 Å². The molecule has 1 N–H and O–H groups in total. The molecule has 0 unspecified atom stereocenters. The smallest absolute Gasteiger partial charge is 0.407 e. The summed E-state index contributed by atoms with van der Waals surface area (Å²) < 4.78 is 5.65. The van der Waals surface area contributed by atoms with Crippen molar-refractivity contribution >= 4 is 29.3 Å². The third-order valence-corrected chi connectivity index (χ3v) is 4.39. The van der Waals surface area contributed by atoms with Crippen molar-refractivity contribution in [3.8, 4) is 5.75 Å². The van der Waals surface area contributed by atoms with Crippen molar-refractivity contribution in [1.29, 1.82) is 0 Å². The van der Waals surface area contributed by atoms with Gasteiger partial charge in [-0.25, -0.2) is 4.79 Å². The van der Waals surface area contributed by atoms with Crippen molar-refractivity contribution in [2.24, 2.45) is 5.92 Å². The normalized spacial score (nSPS) is 16.2. The van der Waals surface area contributed by atoms with Crippen molar-refractivity contribution in [1.82, 2.24) is 4.90 Å². The van der Waals surface area contributed by atoms with E-state index in [4.69, 9.17) is 33.0 Å². The number of halogens is 2. The molecule has 1 amide bonds. The Morgan fingerprint density at radius 3 is 2.70 bits per heavy atom. The molecule has 2 rings (SSSR count). The average molecular weight is 318 g/mol. The summed E-state index contributed by atoms with van der Waals surface area (Å²) in [6.07, 6.45) is 1.85. The summed E-state index contributed by atoms with van der Waals surface area (Å²) in [6, 6.07) is 5.31. The monoisotopic (exact) mass is 317 g/mol. The number of hydrogen-bond donors (Lipinski definition) is 1. The predicted molar refractivity (Wildman–Crippen MR) is 78.9 cm³/mol. The molecule has 1 aromatic carbocycles. The zero-order valence-corrected chi connectivity index (χ0v) is 12.5. The molecule has 0 aromatic heterocycles. The molecule has 1 aliphatic rings. The van der Waals surface area contributed by atoms with Gasteiger partial charge < -0.3 is 14.7 Å². The molecule has 4 nitrogen and oxygen atoms in total. The van der Waals surface area contributed by atoms with Crippen molar-refractivity contribution in [3.63, 3.8) is 0 Å². The summed E-state index contributed by atoms with van der Waals surface area (Å²) in [6.45, 7) is 1.79. The first-order chi connectivity index (χ1) is 9.58. The van der Waals surface area contributed by atoms with E-state index in [0.29, 0.717) is 41.4 Å². The molecular weight excluding hydrogens is 301 g/mol. The zero-order chi connectivity index (χ0) is 14.5. The topological polar surface area (TPSA) is 49.8 Å². The van der Waals surface area contributed by atoms with Crippen LogP contribution < -0.4 is 4.74 Å². The molecule has 0 atom stereocenters. The summed E-state index contributed by atoms with van der Waals surface area (Å²) >= 11 is 12.0. The Bertz CT molecular complexity index is 473. The second kappa shape index (κ2) is 7.04. The van der Waals surface area contributed by atoms with Crippen molar-refractivity contribution in [3.05, 3.63) is 28.2 Å². The second-order valence-corrected chi connectivity index (χ2v) is 5.69. The molecule has 6 heteroatoms. The van der Waals surface area contributed by atoms with Gasteiger partial charge in [-0.3, -0.25) is 0 Å². The number of carbonyl (C=O) groups is 1. The third-order valence-electron chi connectivity index (χ3n) is 3.58. The van der Waals surface area contributed by atoms with E-state index in [1.807, 2.05) is 0 Å². The lowest BCUT2D eigenvalue weighted by atomic mass is 9.94. The van der Waals surface area contributed by atoms with Crippen LogP contribution in [0.2, 0.25) is 10.0 Å². The van der Waals surface area contributed by atoms with Crippen LogP contribution in [0.3, 0.4) is 0 Å². The van der Waals surface area contributed by atoms with E-state index >= 15 is 0 Å². The zero-order valence-electron chi connectivity index (χ0n) is 11.0. The number of hydrogen-bond acceptors (Lipinski definition) is 2. The maximum atomic E-state index is 10.8. The number of ether oxygens (including phenoxy) is 1. The van der Waals surface area contributed by atoms with E-state index < -0.39 is 6.09 Å². The summed E-state index contributed by atoms with van der Waals surface area (Å²) in [5.74, 6) is 1.10. The highest BCUT2D eigenvalue weighted by Gasteiger charge is 2.22. The van der Waals surface area contributed by atoms with Gasteiger partial charge in [-0.15, -0.1) is 0 Å². The summed E-state index contributed by atoms with van der Waals surface area (Å²) in [4.78, 5) is 12.3. The molecule has 0 aliphatic carbocycles. The van der Waals surface area contributed by atoms with Gasteiger partial charge in [-0.1, -0.05) is 29.3 Å². The molecule has 0 spiro atoms. The molecular formula is C14H17Cl2NO3. The fourth-order valence-electron chi connectivity index (χ4n) is 2.34. The van der Waals surface area contributed by atoms with E-state index in [0.717, 1.165) is 19.3 Å². The Morgan fingerprint density at radius 2 is 2.05 bits per heavy atom. The second-order valence-electron chi connectivity index (χ2n) is 4.90. The molecule has 1 aromatic rings. The Hall–Kier alpha value is -1.13. The van der Waals surface area contributed by atoms with Crippen molar-refractivity contribution in [2.75, 3.05) is 19.7 Å². The van der Waals surface area contributed by atoms with Crippen LogP contribution in [-0.2, 0) is 0 Å². The van der Waals surface area contributed by atoms with E-state index in [-0.39, 0.29) is 0 Å². The molecule has 0 bridgehead atoms. The minimum absolute atomic E-state index is 0.440. The SMILES string of the molecule is O=C(O)N1CCC(CCOc2cccc(Cl)c2Cl)CC1. The lowest BCUT2D eigenvalue weighted by Gasteiger charge is -2.29. The van der Waals surface area contributed by atoms with Gasteiger partial charge in [-0.05, 0) is 37.3 Å². The Labute approximate surface area is 128 Å². The van der Waals surface area contributed by atoms with Gasteiger partial charge in [0.05, 0.1) is 11.6 Å². The number of benzene rings is 1. The number of piperidine rings is 1. The summed E-state index contributed by atoms with van der Waals surface area (Å²) in [7, 11) is 0. The first-order valence-electron chi connectivity index (χ1n) is 6.62. The highest BCUT2D eigenvalue weighted by atomic mass is 35.5. The van der Waals surface area contributed by atoms with Crippen molar-refractivity contribution < 1.29 is 14.6 Å². The van der Waals surface area contributed by atoms with Crippen LogP contribution in [0.1, 0.15) is 19.3 Å². The summed E-state index contributed by atoms with van der Waals surface area (Å²) in [5, 5.41) is 9.80. The number of carboxylic acid groups (broad SMARTS) is 1. The van der Waals surface area contributed by atoms with Gasteiger partial charge >= 0.3 is 6.09 Å². The quantitative estimate of drug-likeness (QED) is 0.907. The lowest BCUT2D eigenvalue weighted by molar-refractivity contribution is 0.119. The van der Waals surface area contributed by atoms with E-state index in [1.54, 1.807) is 18.2 Å². The van der Waals surface area contributed by atoms with E-state index in [2.05, 4.69) is 0 Å². The fourth-order valence-corrected chi connectivity index (χ4v) is 2.69. The van der Waals surface area contributed by atoms with Crippen LogP contribution in [0, 0.1) is 5.92 Å². The molecule has 1 fully saturated rings. The fraction of sp³-hybridized carbons (Fsp3) is 0.500. The van der Waals surface area contributed by atoms with Crippen LogP contribution in [0.25, 0.3) is 0 Å². The highest BCUT2D eigenvalue weighted by molar-refractivity contribution is 6.42. The first-order valence-corrected chi connectivity index (χ1v) is 7.38. The molecule has 1 aliphatic heterocycles. The van der Waals surface area contributed by atoms with Crippen LogP contribution >= 0.6 is 23.2 Å². The van der Waals surface area contributed by atoms with Gasteiger partial charge in [0.15, 0.2) is 0 Å². The van der Waals surface area contributed by atoms with Gasteiger partial charge in [-0.2, -0.15) is 0 Å². The van der Waals surface area contributed by atoms with Crippen LogP contribution in [-0.4, -0.2) is 35.8 Å². The van der Waals surface area contributed by atoms with E-state index in [9.17, 15) is 4.79 Å². The Morgan fingerprint density at radius 1 is 1.35 bits per heavy atom. The largest absolute Gasteiger partial charge is 0.492 e. The molecule has 20 heavy (non-hydrogen) atoms. The van der Waals surface area contributed by atoms with Crippen LogP contribution in [0.5, 0.6) is 5.75 Å². The minimum atomic E-state index is -0.828. The first kappa shape index (κ1) is 15.3. The van der Waals surface area contributed by atoms with Crippen LogP contribution in [0.15, 0.2) is 18.2 Å². The number of nitrogens with zero attached hydrogens (tertiary/aromatic N) is 1. The van der Waals surface area contributed by atoms with Gasteiger partial charge in [0, 0.05) is 13.1 Å². The molecule has 1 saturated heterocycles. The van der Waals surface area contributed by atoms with Crippen molar-refractivity contribution in [2.45, 2.75) is 19.3 Å². The third kappa shape index (κ3) is 3.93. The number of likely N-dealkylation sites (tertiary alicyclic amines) is 1. The molecule has 110 valence electrons. The van der Waals surface area contributed by atoms with Gasteiger partial charge in [0.25, 0.3) is 0 Å². The highest BCUT2D eigenvalue weighted by Crippen LogP contribution is 2.32. The molecule has 1 heterocycles. The Kier molecular flexibility index (Phi) is 5.38. The number of rotatable bonds is 4. The lowest BCUT2D eigenvalue weighted by Crippen LogP contribution is -2.37. The standard InChI is InChI=1S/C14H17Cl2NO3/c15-11-2-1-3-12(13(11)16)20-9-6-10-4-7-17(8-5-10)14(18)19/h1-3,10H,4-9H2,(H,18,19). The van der Waals surface area contributed by atoms with E-state index in [1.165, 1.54) is 4.90 Å². The van der Waals surface area contributed by atoms with Gasteiger partial charge in [0.1, 0.15) is 10.8 Å². The predicted octanol–water partition coefficient (Wildman–Crippen LogP) is 4.15. The Balaban J connectivity index is 1.74. The average Bonchev–Trinajstić information content (AvgIpc) is 2.44. The number of amides is 1. The summed E-state index contributed by atoms with van der Waals surface area (Å²) in [5.41, 5.74) is 0.